The van der Waals surface area contributed by atoms with E-state index in [0.29, 0.717) is 12.1 Å². The van der Waals surface area contributed by atoms with Crippen molar-refractivity contribution < 1.29 is 13.2 Å². The maximum absolute atomic E-state index is 13.0. The van der Waals surface area contributed by atoms with E-state index in [4.69, 9.17) is 0 Å². The third kappa shape index (κ3) is 2.47. The molecule has 0 heterocycles. The second-order valence-electron chi connectivity index (χ2n) is 3.19. The van der Waals surface area contributed by atoms with Crippen LogP contribution >= 0.6 is 0 Å². The van der Waals surface area contributed by atoms with Crippen LogP contribution in [0.5, 0.6) is 0 Å². The lowest BCUT2D eigenvalue weighted by Gasteiger charge is -2.06. The van der Waals surface area contributed by atoms with Gasteiger partial charge in [-0.25, -0.2) is 13.2 Å². The van der Waals surface area contributed by atoms with Gasteiger partial charge in [-0.15, -0.1) is 0 Å². The maximum Gasteiger partial charge on any atom is 0.132 e. The van der Waals surface area contributed by atoms with Gasteiger partial charge in [0.1, 0.15) is 17.5 Å². The van der Waals surface area contributed by atoms with Gasteiger partial charge in [-0.05, 0) is 12.3 Å². The standard InChI is InChI=1S/C10H10F3/c1-6(2)3-8-9(12)4-7(11)5-10(8)13/h3-6H,1-2H3. The van der Waals surface area contributed by atoms with Crippen LogP contribution in [-0.4, -0.2) is 0 Å². The third-order valence-electron chi connectivity index (χ3n) is 1.54. The molecule has 0 fully saturated rings. The van der Waals surface area contributed by atoms with Crippen LogP contribution in [0.2, 0.25) is 0 Å². The molecule has 3 heteroatoms. The molecule has 0 unspecified atom stereocenters. The molecule has 0 N–H and O–H groups in total. The minimum Gasteiger partial charge on any atom is -0.207 e. The second-order valence-corrected chi connectivity index (χ2v) is 3.19. The summed E-state index contributed by atoms with van der Waals surface area (Å²) in [6, 6.07) is 1.36. The first-order chi connectivity index (χ1) is 6.00. The van der Waals surface area contributed by atoms with E-state index in [9.17, 15) is 13.2 Å². The Morgan fingerprint density at radius 3 is 1.92 bits per heavy atom. The molecule has 1 radical (unpaired) electrons. The fourth-order valence-corrected chi connectivity index (χ4v) is 1.05. The summed E-state index contributed by atoms with van der Waals surface area (Å²) in [5.74, 6) is -2.58. The molecule has 0 atom stereocenters. The Labute approximate surface area is 75.4 Å². The van der Waals surface area contributed by atoms with Crippen LogP contribution in [0.25, 0.3) is 0 Å². The SMILES string of the molecule is CC(C)[CH]c1c(F)cc(F)cc1F. The number of hydrogen-bond acceptors (Lipinski definition) is 0. The van der Waals surface area contributed by atoms with E-state index in [-0.39, 0.29) is 11.5 Å². The van der Waals surface area contributed by atoms with Gasteiger partial charge in [0.25, 0.3) is 0 Å². The van der Waals surface area contributed by atoms with Gasteiger partial charge >= 0.3 is 0 Å². The first-order valence-electron chi connectivity index (χ1n) is 4.00. The smallest absolute Gasteiger partial charge is 0.132 e. The zero-order valence-electron chi connectivity index (χ0n) is 7.44. The molecule has 71 valence electrons. The molecule has 0 aliphatic heterocycles. The fourth-order valence-electron chi connectivity index (χ4n) is 1.05. The Kier molecular flexibility index (Phi) is 2.96. The Bertz CT molecular complexity index is 282. The predicted octanol–water partition coefficient (Wildman–Crippen LogP) is 3.31. The Morgan fingerprint density at radius 2 is 1.54 bits per heavy atom. The molecule has 13 heavy (non-hydrogen) atoms. The monoisotopic (exact) mass is 187 g/mol. The lowest BCUT2D eigenvalue weighted by molar-refractivity contribution is 0.528. The van der Waals surface area contributed by atoms with Crippen molar-refractivity contribution >= 4 is 0 Å². The highest BCUT2D eigenvalue weighted by Crippen LogP contribution is 2.19. The fraction of sp³-hybridized carbons (Fsp3) is 0.300. The summed E-state index contributed by atoms with van der Waals surface area (Å²) < 4.78 is 38.4. The Hall–Kier alpha value is -0.990. The number of benzene rings is 1. The lowest BCUT2D eigenvalue weighted by Crippen LogP contribution is -1.99. The van der Waals surface area contributed by atoms with Crippen LogP contribution in [-0.2, 0) is 0 Å². The van der Waals surface area contributed by atoms with Crippen molar-refractivity contribution in [1.82, 2.24) is 0 Å². The lowest BCUT2D eigenvalue weighted by atomic mass is 10.0. The highest BCUT2D eigenvalue weighted by Gasteiger charge is 2.12. The van der Waals surface area contributed by atoms with Gasteiger partial charge < -0.3 is 0 Å². The average Bonchev–Trinajstić information content (AvgIpc) is 1.96. The summed E-state index contributed by atoms with van der Waals surface area (Å²) >= 11 is 0. The molecule has 1 aromatic carbocycles. The van der Waals surface area contributed by atoms with Crippen molar-refractivity contribution in [3.05, 3.63) is 41.6 Å². The minimum atomic E-state index is -0.893. The van der Waals surface area contributed by atoms with E-state index >= 15 is 0 Å². The van der Waals surface area contributed by atoms with E-state index in [1.807, 2.05) is 0 Å². The highest BCUT2D eigenvalue weighted by molar-refractivity contribution is 5.27. The first-order valence-corrected chi connectivity index (χ1v) is 4.00. The van der Waals surface area contributed by atoms with Gasteiger partial charge in [0.15, 0.2) is 0 Å². The second kappa shape index (κ2) is 3.81. The summed E-state index contributed by atoms with van der Waals surface area (Å²) in [6.45, 7) is 3.59. The third-order valence-corrected chi connectivity index (χ3v) is 1.54. The van der Waals surface area contributed by atoms with Crippen LogP contribution in [0.4, 0.5) is 13.2 Å². The molecule has 0 saturated carbocycles. The highest BCUT2D eigenvalue weighted by atomic mass is 19.1. The van der Waals surface area contributed by atoms with Crippen molar-refractivity contribution in [2.45, 2.75) is 13.8 Å². The molecule has 0 bridgehead atoms. The molecular weight excluding hydrogens is 177 g/mol. The van der Waals surface area contributed by atoms with Crippen LogP contribution in [0.1, 0.15) is 19.4 Å². The van der Waals surface area contributed by atoms with Crippen LogP contribution in [0.3, 0.4) is 0 Å². The first kappa shape index (κ1) is 10.1. The van der Waals surface area contributed by atoms with Gasteiger partial charge in [-0.2, -0.15) is 0 Å². The summed E-state index contributed by atoms with van der Waals surface area (Å²) in [6.07, 6.45) is 1.42. The molecule has 1 rings (SSSR count). The molecule has 0 aliphatic carbocycles. The van der Waals surface area contributed by atoms with Crippen molar-refractivity contribution in [1.29, 1.82) is 0 Å². The Balaban J connectivity index is 3.06. The van der Waals surface area contributed by atoms with Gasteiger partial charge in [0.2, 0.25) is 0 Å². The van der Waals surface area contributed by atoms with Gasteiger partial charge in [-0.1, -0.05) is 13.8 Å². The van der Waals surface area contributed by atoms with Crippen molar-refractivity contribution in [2.75, 3.05) is 0 Å². The minimum absolute atomic E-state index is 0.0226. The molecule has 0 spiro atoms. The zero-order valence-corrected chi connectivity index (χ0v) is 7.44. The van der Waals surface area contributed by atoms with Crippen molar-refractivity contribution in [2.24, 2.45) is 5.92 Å². The van der Waals surface area contributed by atoms with Crippen molar-refractivity contribution in [3.63, 3.8) is 0 Å². The summed E-state index contributed by atoms with van der Waals surface area (Å²) in [4.78, 5) is 0. The topological polar surface area (TPSA) is 0 Å². The van der Waals surface area contributed by atoms with E-state index in [1.165, 1.54) is 6.42 Å². The average molecular weight is 187 g/mol. The van der Waals surface area contributed by atoms with E-state index < -0.39 is 17.5 Å². The van der Waals surface area contributed by atoms with Gasteiger partial charge in [0, 0.05) is 17.7 Å². The predicted molar refractivity (Wildman–Crippen MR) is 44.6 cm³/mol. The molecule has 0 saturated heterocycles. The van der Waals surface area contributed by atoms with Gasteiger partial charge in [0.05, 0.1) is 0 Å². The molecule has 0 nitrogen and oxygen atoms in total. The van der Waals surface area contributed by atoms with E-state index in [2.05, 4.69) is 0 Å². The maximum atomic E-state index is 13.0. The van der Waals surface area contributed by atoms with Crippen LogP contribution in [0.15, 0.2) is 12.1 Å². The van der Waals surface area contributed by atoms with E-state index in [1.54, 1.807) is 13.8 Å². The Morgan fingerprint density at radius 1 is 1.08 bits per heavy atom. The molecule has 1 aromatic rings. The molecule has 0 amide bonds. The number of rotatable bonds is 2. The summed E-state index contributed by atoms with van der Waals surface area (Å²) in [5.41, 5.74) is -0.156. The van der Waals surface area contributed by atoms with E-state index in [0.717, 1.165) is 0 Å². The number of halogens is 3. The zero-order chi connectivity index (χ0) is 10.0. The van der Waals surface area contributed by atoms with Crippen LogP contribution < -0.4 is 0 Å². The van der Waals surface area contributed by atoms with Crippen LogP contribution in [0, 0.1) is 29.8 Å². The molecular formula is C10H10F3. The summed E-state index contributed by atoms with van der Waals surface area (Å²) in [5, 5.41) is 0. The van der Waals surface area contributed by atoms with Crippen molar-refractivity contribution in [3.8, 4) is 0 Å². The normalized spacial score (nSPS) is 10.9. The van der Waals surface area contributed by atoms with Gasteiger partial charge in [-0.3, -0.25) is 0 Å². The largest absolute Gasteiger partial charge is 0.207 e. The number of hydrogen-bond donors (Lipinski definition) is 0. The molecule has 0 aliphatic rings. The molecule has 0 aromatic heterocycles. The quantitative estimate of drug-likeness (QED) is 0.666. The summed E-state index contributed by atoms with van der Waals surface area (Å²) in [7, 11) is 0.